The van der Waals surface area contributed by atoms with E-state index < -0.39 is 0 Å². The van der Waals surface area contributed by atoms with Crippen molar-refractivity contribution in [1.29, 1.82) is 5.26 Å². The van der Waals surface area contributed by atoms with Crippen LogP contribution in [0.5, 0.6) is 0 Å². The van der Waals surface area contributed by atoms with E-state index in [-0.39, 0.29) is 16.9 Å². The second-order valence-corrected chi connectivity index (χ2v) is 5.16. The molecule has 2 aromatic rings. The summed E-state index contributed by atoms with van der Waals surface area (Å²) in [6.07, 6.45) is 0. The molecule has 1 aromatic heterocycles. The van der Waals surface area contributed by atoms with Crippen LogP contribution in [0.2, 0.25) is 5.02 Å². The molecule has 0 saturated heterocycles. The zero-order chi connectivity index (χ0) is 14.2. The first-order chi connectivity index (χ1) is 8.97. The largest absolute Gasteiger partial charge is 0.384 e. The predicted octanol–water partition coefficient (Wildman–Crippen LogP) is 3.02. The summed E-state index contributed by atoms with van der Waals surface area (Å²) >= 11 is 9.01. The van der Waals surface area contributed by atoms with E-state index in [0.29, 0.717) is 20.7 Å². The lowest BCUT2D eigenvalue weighted by Gasteiger charge is -2.13. The highest BCUT2D eigenvalue weighted by molar-refractivity contribution is 9.10. The summed E-state index contributed by atoms with van der Waals surface area (Å²) in [6, 6.07) is 8.66. The normalized spacial score (nSPS) is 10.2. The van der Waals surface area contributed by atoms with Crippen molar-refractivity contribution < 1.29 is 0 Å². The van der Waals surface area contributed by atoms with Gasteiger partial charge in [-0.2, -0.15) is 5.26 Å². The lowest BCUT2D eigenvalue weighted by atomic mass is 10.1. The van der Waals surface area contributed by atoms with Crippen molar-refractivity contribution >= 4 is 33.3 Å². The van der Waals surface area contributed by atoms with Crippen LogP contribution < -0.4 is 11.3 Å². The van der Waals surface area contributed by atoms with E-state index >= 15 is 0 Å². The monoisotopic (exact) mass is 337 g/mol. The van der Waals surface area contributed by atoms with Gasteiger partial charge in [0.05, 0.1) is 15.7 Å². The van der Waals surface area contributed by atoms with Crippen LogP contribution >= 0.6 is 27.5 Å². The van der Waals surface area contributed by atoms with E-state index in [9.17, 15) is 4.79 Å². The molecule has 1 aromatic carbocycles. The molecule has 19 heavy (non-hydrogen) atoms. The molecule has 0 amide bonds. The number of aromatic nitrogens is 1. The Morgan fingerprint density at radius 2 is 1.95 bits per heavy atom. The van der Waals surface area contributed by atoms with Gasteiger partial charge in [0.1, 0.15) is 11.9 Å². The summed E-state index contributed by atoms with van der Waals surface area (Å²) < 4.78 is 1.61. The van der Waals surface area contributed by atoms with Crippen LogP contribution in [0.25, 0.3) is 5.69 Å². The van der Waals surface area contributed by atoms with E-state index in [1.807, 2.05) is 6.07 Å². The molecule has 0 radical (unpaired) electrons. The molecular weight excluding hydrogens is 330 g/mol. The van der Waals surface area contributed by atoms with Gasteiger partial charge in [0, 0.05) is 5.02 Å². The molecular formula is C13H9BrClN3O. The van der Waals surface area contributed by atoms with Crippen LogP contribution in [-0.2, 0) is 0 Å². The van der Waals surface area contributed by atoms with Crippen LogP contribution in [-0.4, -0.2) is 4.57 Å². The second-order valence-electron chi connectivity index (χ2n) is 3.93. The van der Waals surface area contributed by atoms with E-state index in [0.717, 1.165) is 0 Å². The van der Waals surface area contributed by atoms with E-state index in [2.05, 4.69) is 15.9 Å². The molecule has 4 nitrogen and oxygen atoms in total. The molecule has 2 N–H and O–H groups in total. The first-order valence-corrected chi connectivity index (χ1v) is 6.51. The molecule has 0 unspecified atom stereocenters. The predicted molar refractivity (Wildman–Crippen MR) is 78.6 cm³/mol. The van der Waals surface area contributed by atoms with Gasteiger partial charge >= 0.3 is 0 Å². The number of halogens is 2. The number of anilines is 1. The number of nitrogens with zero attached hydrogens (tertiary/aromatic N) is 2. The van der Waals surface area contributed by atoms with Gasteiger partial charge in [-0.05, 0) is 52.7 Å². The third-order valence-corrected chi connectivity index (χ3v) is 3.97. The highest BCUT2D eigenvalue weighted by Gasteiger charge is 2.16. The van der Waals surface area contributed by atoms with E-state index in [4.69, 9.17) is 22.6 Å². The molecule has 0 aliphatic carbocycles. The summed E-state index contributed by atoms with van der Waals surface area (Å²) in [5, 5.41) is 9.70. The Morgan fingerprint density at radius 1 is 1.37 bits per heavy atom. The molecule has 96 valence electrons. The summed E-state index contributed by atoms with van der Waals surface area (Å²) in [6.45, 7) is 1.67. The molecule has 2 rings (SSSR count). The molecule has 0 atom stereocenters. The number of rotatable bonds is 1. The summed E-state index contributed by atoms with van der Waals surface area (Å²) in [5.41, 5.74) is 6.99. The first kappa shape index (κ1) is 13.7. The third-order valence-electron chi connectivity index (χ3n) is 2.79. The number of nitrogen functional groups attached to an aromatic ring is 1. The zero-order valence-corrected chi connectivity index (χ0v) is 12.3. The van der Waals surface area contributed by atoms with Crippen molar-refractivity contribution in [2.24, 2.45) is 0 Å². The summed E-state index contributed by atoms with van der Waals surface area (Å²) in [5.74, 6) is 0.121. The van der Waals surface area contributed by atoms with E-state index in [1.54, 1.807) is 31.2 Å². The molecule has 0 aliphatic rings. The van der Waals surface area contributed by atoms with Gasteiger partial charge in [0.15, 0.2) is 0 Å². The lowest BCUT2D eigenvalue weighted by Crippen LogP contribution is -2.24. The number of hydrogen-bond donors (Lipinski definition) is 1. The van der Waals surface area contributed by atoms with Crippen LogP contribution in [0.15, 0.2) is 33.5 Å². The molecule has 6 heteroatoms. The van der Waals surface area contributed by atoms with Crippen LogP contribution in [0.4, 0.5) is 5.82 Å². The van der Waals surface area contributed by atoms with Crippen molar-refractivity contribution in [3.05, 3.63) is 55.2 Å². The lowest BCUT2D eigenvalue weighted by molar-refractivity contribution is 0.979. The standard InChI is InChI=1S/C13H9BrClN3O/c1-7-10(6-16)12(17)18(13(19)11(7)14)9-4-2-8(15)3-5-9/h2-5H,17H2,1H3. The van der Waals surface area contributed by atoms with E-state index in [1.165, 1.54) is 4.57 Å². The average Bonchev–Trinajstić information content (AvgIpc) is 2.39. The number of nitriles is 1. The number of hydrogen-bond acceptors (Lipinski definition) is 3. The Hall–Kier alpha value is -1.77. The average molecular weight is 339 g/mol. The van der Waals surface area contributed by atoms with Gasteiger partial charge in [0.25, 0.3) is 5.56 Å². The van der Waals surface area contributed by atoms with Crippen LogP contribution in [0.1, 0.15) is 11.1 Å². The summed E-state index contributed by atoms with van der Waals surface area (Å²) in [4.78, 5) is 12.3. The Bertz CT molecular complexity index is 744. The molecule has 1 heterocycles. The molecule has 0 spiro atoms. The topological polar surface area (TPSA) is 71.8 Å². The summed E-state index contributed by atoms with van der Waals surface area (Å²) in [7, 11) is 0. The minimum atomic E-state index is -0.309. The van der Waals surface area contributed by atoms with Gasteiger partial charge in [-0.1, -0.05) is 11.6 Å². The highest BCUT2D eigenvalue weighted by atomic mass is 79.9. The SMILES string of the molecule is Cc1c(C#N)c(N)n(-c2ccc(Cl)cc2)c(=O)c1Br. The van der Waals surface area contributed by atoms with Gasteiger partial charge in [-0.25, -0.2) is 0 Å². The van der Waals surface area contributed by atoms with Crippen LogP contribution in [0.3, 0.4) is 0 Å². The fourth-order valence-corrected chi connectivity index (χ4v) is 2.27. The van der Waals surface area contributed by atoms with Crippen molar-refractivity contribution in [3.8, 4) is 11.8 Å². The fourth-order valence-electron chi connectivity index (χ4n) is 1.77. The van der Waals surface area contributed by atoms with Gasteiger partial charge in [-0.15, -0.1) is 0 Å². The maximum absolute atomic E-state index is 12.3. The van der Waals surface area contributed by atoms with Crippen molar-refractivity contribution in [2.45, 2.75) is 6.92 Å². The second kappa shape index (κ2) is 5.08. The van der Waals surface area contributed by atoms with Gasteiger partial charge < -0.3 is 5.73 Å². The third kappa shape index (κ3) is 2.25. The minimum Gasteiger partial charge on any atom is -0.384 e. The Balaban J connectivity index is 2.85. The van der Waals surface area contributed by atoms with Gasteiger partial charge in [-0.3, -0.25) is 9.36 Å². The molecule has 0 saturated carbocycles. The first-order valence-electron chi connectivity index (χ1n) is 5.34. The number of nitrogens with two attached hydrogens (primary N) is 1. The number of pyridine rings is 1. The molecule has 0 aliphatic heterocycles. The maximum atomic E-state index is 12.3. The Kier molecular flexibility index (Phi) is 3.65. The zero-order valence-electron chi connectivity index (χ0n) is 9.95. The van der Waals surface area contributed by atoms with Crippen molar-refractivity contribution in [1.82, 2.24) is 4.57 Å². The van der Waals surface area contributed by atoms with Crippen molar-refractivity contribution in [3.63, 3.8) is 0 Å². The Morgan fingerprint density at radius 3 is 2.47 bits per heavy atom. The van der Waals surface area contributed by atoms with Gasteiger partial charge in [0.2, 0.25) is 0 Å². The molecule has 0 fully saturated rings. The van der Waals surface area contributed by atoms with Crippen molar-refractivity contribution in [2.75, 3.05) is 5.73 Å². The fraction of sp³-hybridized carbons (Fsp3) is 0.0769. The minimum absolute atomic E-state index is 0.121. The Labute approximate surface area is 123 Å². The maximum Gasteiger partial charge on any atom is 0.271 e. The van der Waals surface area contributed by atoms with Crippen LogP contribution in [0, 0.1) is 18.3 Å². The smallest absolute Gasteiger partial charge is 0.271 e. The number of benzene rings is 1. The highest BCUT2D eigenvalue weighted by Crippen LogP contribution is 2.24. The molecule has 0 bridgehead atoms. The quantitative estimate of drug-likeness (QED) is 0.868.